The molecule has 6 nitrogen and oxygen atoms in total. The largest absolute Gasteiger partial charge is 0.377 e. The maximum absolute atomic E-state index is 12.4. The standard InChI is InChI=1S/C19H23ClN4O2S/c1-4-11-24-18-10-9-14(27(25,26)23(2)3)12-17(18)22-19(24)13-21-16-8-6-5-7-15(16)20/h5-10,12,21H,4,11,13H2,1-3H3. The van der Waals surface area contributed by atoms with Crippen LogP contribution in [-0.2, 0) is 23.1 Å². The lowest BCUT2D eigenvalue weighted by molar-refractivity contribution is 0.521. The Morgan fingerprint density at radius 3 is 2.59 bits per heavy atom. The third-order valence-electron chi connectivity index (χ3n) is 4.34. The summed E-state index contributed by atoms with van der Waals surface area (Å²) in [6.07, 6.45) is 0.947. The summed E-state index contributed by atoms with van der Waals surface area (Å²) in [6.45, 7) is 3.39. The highest BCUT2D eigenvalue weighted by atomic mass is 35.5. The molecule has 0 spiro atoms. The molecule has 0 radical (unpaired) electrons. The molecule has 0 amide bonds. The van der Waals surface area contributed by atoms with E-state index in [1.807, 2.05) is 30.3 Å². The van der Waals surface area contributed by atoms with Gasteiger partial charge >= 0.3 is 0 Å². The lowest BCUT2D eigenvalue weighted by Gasteiger charge is -2.12. The number of nitrogens with one attached hydrogen (secondary N) is 1. The summed E-state index contributed by atoms with van der Waals surface area (Å²) in [7, 11) is -0.450. The normalized spacial score (nSPS) is 12.0. The second kappa shape index (κ2) is 7.88. The summed E-state index contributed by atoms with van der Waals surface area (Å²) < 4.78 is 28.1. The van der Waals surface area contributed by atoms with Crippen LogP contribution in [0.5, 0.6) is 0 Å². The molecule has 3 aromatic rings. The van der Waals surface area contributed by atoms with Gasteiger partial charge in [-0.2, -0.15) is 0 Å². The fourth-order valence-corrected chi connectivity index (χ4v) is 4.04. The van der Waals surface area contributed by atoms with Crippen molar-refractivity contribution in [3.05, 3.63) is 53.3 Å². The van der Waals surface area contributed by atoms with Gasteiger partial charge in [0.2, 0.25) is 10.0 Å². The highest BCUT2D eigenvalue weighted by molar-refractivity contribution is 7.89. The van der Waals surface area contributed by atoms with Gasteiger partial charge in [0.1, 0.15) is 5.82 Å². The zero-order valence-corrected chi connectivity index (χ0v) is 17.2. The average Bonchev–Trinajstić information content (AvgIpc) is 2.98. The van der Waals surface area contributed by atoms with Gasteiger partial charge in [-0.1, -0.05) is 30.7 Å². The molecule has 0 saturated carbocycles. The van der Waals surface area contributed by atoms with Gasteiger partial charge in [-0.3, -0.25) is 0 Å². The van der Waals surface area contributed by atoms with Gasteiger partial charge in [-0.05, 0) is 36.8 Å². The summed E-state index contributed by atoms with van der Waals surface area (Å²) in [5.41, 5.74) is 2.43. The first-order valence-electron chi connectivity index (χ1n) is 8.74. The number of anilines is 1. The molecule has 2 aromatic carbocycles. The number of fused-ring (bicyclic) bond motifs is 1. The molecular weight excluding hydrogens is 384 g/mol. The monoisotopic (exact) mass is 406 g/mol. The molecule has 0 bridgehead atoms. The lowest BCUT2D eigenvalue weighted by Crippen LogP contribution is -2.22. The quantitative estimate of drug-likeness (QED) is 0.644. The summed E-state index contributed by atoms with van der Waals surface area (Å²) in [5.74, 6) is 0.839. The van der Waals surface area contributed by atoms with Crippen molar-refractivity contribution < 1.29 is 8.42 Å². The SMILES string of the molecule is CCCn1c(CNc2ccccc2Cl)nc2cc(S(=O)(=O)N(C)C)ccc21. The van der Waals surface area contributed by atoms with Crippen LogP contribution in [0, 0.1) is 0 Å². The zero-order chi connectivity index (χ0) is 19.6. The van der Waals surface area contributed by atoms with Crippen molar-refractivity contribution in [1.29, 1.82) is 0 Å². The Kier molecular flexibility index (Phi) is 5.74. The Balaban J connectivity index is 1.99. The number of aryl methyl sites for hydroxylation is 1. The summed E-state index contributed by atoms with van der Waals surface area (Å²) in [6, 6.07) is 12.6. The minimum atomic E-state index is -3.49. The molecule has 0 fully saturated rings. The molecule has 0 saturated heterocycles. The van der Waals surface area contributed by atoms with E-state index in [0.717, 1.165) is 30.0 Å². The summed E-state index contributed by atoms with van der Waals surface area (Å²) in [5, 5.41) is 3.96. The molecule has 8 heteroatoms. The van der Waals surface area contributed by atoms with Gasteiger partial charge in [0, 0.05) is 20.6 Å². The van der Waals surface area contributed by atoms with Crippen LogP contribution in [0.25, 0.3) is 11.0 Å². The van der Waals surface area contributed by atoms with E-state index in [9.17, 15) is 8.42 Å². The number of para-hydroxylation sites is 1. The summed E-state index contributed by atoms with van der Waals surface area (Å²) in [4.78, 5) is 4.93. The maximum Gasteiger partial charge on any atom is 0.242 e. The van der Waals surface area contributed by atoms with Gasteiger partial charge in [0.25, 0.3) is 0 Å². The van der Waals surface area contributed by atoms with Crippen molar-refractivity contribution in [3.63, 3.8) is 0 Å². The number of sulfonamides is 1. The fourth-order valence-electron chi connectivity index (χ4n) is 2.92. The van der Waals surface area contributed by atoms with Crippen LogP contribution in [0.2, 0.25) is 5.02 Å². The molecule has 1 heterocycles. The number of aromatic nitrogens is 2. The van der Waals surface area contributed by atoms with Crippen LogP contribution in [0.3, 0.4) is 0 Å². The summed E-state index contributed by atoms with van der Waals surface area (Å²) >= 11 is 6.21. The van der Waals surface area contributed by atoms with Crippen LogP contribution in [-0.4, -0.2) is 36.4 Å². The van der Waals surface area contributed by atoms with Gasteiger partial charge in [-0.25, -0.2) is 17.7 Å². The predicted molar refractivity (Wildman–Crippen MR) is 110 cm³/mol. The molecule has 0 atom stereocenters. The number of halogens is 1. The Labute approximate surface area is 164 Å². The molecule has 3 rings (SSSR count). The Bertz CT molecular complexity index is 1060. The molecule has 1 N–H and O–H groups in total. The smallest absolute Gasteiger partial charge is 0.242 e. The van der Waals surface area contributed by atoms with Crippen LogP contribution in [0.15, 0.2) is 47.4 Å². The van der Waals surface area contributed by atoms with Crippen LogP contribution < -0.4 is 5.32 Å². The molecule has 0 aliphatic rings. The van der Waals surface area contributed by atoms with E-state index in [1.54, 1.807) is 12.1 Å². The van der Waals surface area contributed by atoms with Gasteiger partial charge in [0.15, 0.2) is 0 Å². The highest BCUT2D eigenvalue weighted by Crippen LogP contribution is 2.24. The van der Waals surface area contributed by atoms with Crippen molar-refractivity contribution in [1.82, 2.24) is 13.9 Å². The highest BCUT2D eigenvalue weighted by Gasteiger charge is 2.19. The van der Waals surface area contributed by atoms with Crippen LogP contribution in [0.4, 0.5) is 5.69 Å². The number of benzene rings is 2. The molecule has 0 unspecified atom stereocenters. The van der Waals surface area contributed by atoms with Crippen molar-refractivity contribution in [2.75, 3.05) is 19.4 Å². The predicted octanol–water partition coefficient (Wildman–Crippen LogP) is 3.96. The van der Waals surface area contributed by atoms with E-state index in [1.165, 1.54) is 18.4 Å². The number of rotatable bonds is 7. The van der Waals surface area contributed by atoms with E-state index in [2.05, 4.69) is 21.8 Å². The topological polar surface area (TPSA) is 67.2 Å². The maximum atomic E-state index is 12.4. The van der Waals surface area contributed by atoms with Gasteiger partial charge < -0.3 is 9.88 Å². The van der Waals surface area contributed by atoms with Crippen LogP contribution >= 0.6 is 11.6 Å². The molecular formula is C19H23ClN4O2S. The molecule has 144 valence electrons. The van der Waals surface area contributed by atoms with Crippen molar-refractivity contribution in [2.45, 2.75) is 31.3 Å². The molecule has 27 heavy (non-hydrogen) atoms. The first-order chi connectivity index (χ1) is 12.8. The Morgan fingerprint density at radius 1 is 1.19 bits per heavy atom. The average molecular weight is 407 g/mol. The van der Waals surface area contributed by atoms with E-state index < -0.39 is 10.0 Å². The van der Waals surface area contributed by atoms with Crippen molar-refractivity contribution in [3.8, 4) is 0 Å². The number of nitrogens with zero attached hydrogens (tertiary/aromatic N) is 3. The number of imidazole rings is 1. The zero-order valence-electron chi connectivity index (χ0n) is 15.6. The Hall–Kier alpha value is -2.09. The second-order valence-electron chi connectivity index (χ2n) is 6.45. The third kappa shape index (κ3) is 3.95. The van der Waals surface area contributed by atoms with E-state index in [4.69, 9.17) is 11.6 Å². The Morgan fingerprint density at radius 2 is 1.93 bits per heavy atom. The first-order valence-corrected chi connectivity index (χ1v) is 10.6. The molecule has 1 aromatic heterocycles. The van der Waals surface area contributed by atoms with Crippen LogP contribution in [0.1, 0.15) is 19.2 Å². The molecule has 0 aliphatic carbocycles. The van der Waals surface area contributed by atoms with Crippen molar-refractivity contribution >= 4 is 38.3 Å². The van der Waals surface area contributed by atoms with E-state index >= 15 is 0 Å². The minimum absolute atomic E-state index is 0.242. The van der Waals surface area contributed by atoms with E-state index in [0.29, 0.717) is 17.1 Å². The first kappa shape index (κ1) is 19.7. The van der Waals surface area contributed by atoms with Gasteiger partial charge in [0.05, 0.1) is 33.2 Å². The van der Waals surface area contributed by atoms with Gasteiger partial charge in [-0.15, -0.1) is 0 Å². The van der Waals surface area contributed by atoms with E-state index in [-0.39, 0.29) is 4.90 Å². The second-order valence-corrected chi connectivity index (χ2v) is 9.01. The van der Waals surface area contributed by atoms with Crippen molar-refractivity contribution in [2.24, 2.45) is 0 Å². The molecule has 0 aliphatic heterocycles. The number of hydrogen-bond acceptors (Lipinski definition) is 4. The fraction of sp³-hybridized carbons (Fsp3) is 0.316. The lowest BCUT2D eigenvalue weighted by atomic mass is 10.3. The number of hydrogen-bond donors (Lipinski definition) is 1. The minimum Gasteiger partial charge on any atom is -0.377 e. The third-order valence-corrected chi connectivity index (χ3v) is 6.48.